The van der Waals surface area contributed by atoms with Gasteiger partial charge in [-0.25, -0.2) is 0 Å². The number of carbonyl (C=O) groups is 3. The van der Waals surface area contributed by atoms with Gasteiger partial charge in [-0.2, -0.15) is 0 Å². The number of hydrogen-bond acceptors (Lipinski definition) is 6. The van der Waals surface area contributed by atoms with Crippen LogP contribution in [-0.2, 0) is 11.3 Å². The van der Waals surface area contributed by atoms with Crippen LogP contribution in [0.3, 0.4) is 0 Å². The molecule has 5 N–H and O–H groups in total. The fourth-order valence-corrected chi connectivity index (χ4v) is 4.51. The molecule has 1 aromatic heterocycles. The highest BCUT2D eigenvalue weighted by Gasteiger charge is 2.30. The van der Waals surface area contributed by atoms with E-state index in [4.69, 9.17) is 28.3 Å². The van der Waals surface area contributed by atoms with E-state index in [1.807, 2.05) is 5.32 Å². The smallest absolute Gasteiger partial charge is 0.322 e. The molecule has 1 aliphatic carbocycles. The molecule has 2 aromatic rings. The van der Waals surface area contributed by atoms with Gasteiger partial charge < -0.3 is 26.0 Å². The monoisotopic (exact) mass is 525 g/mol. The van der Waals surface area contributed by atoms with Crippen LogP contribution in [0.2, 0.25) is 10.0 Å². The Balaban J connectivity index is 2.04. The van der Waals surface area contributed by atoms with Gasteiger partial charge in [-0.1, -0.05) is 48.5 Å². The lowest BCUT2D eigenvalue weighted by molar-refractivity contribution is -0.135. The van der Waals surface area contributed by atoms with Gasteiger partial charge in [0.05, 0.1) is 6.54 Å². The molecule has 1 heterocycles. The molecule has 1 aliphatic rings. The Morgan fingerprint density at radius 1 is 1.00 bits per heavy atom. The van der Waals surface area contributed by atoms with E-state index in [1.54, 1.807) is 0 Å². The molecule has 1 aromatic carbocycles. The Bertz CT molecular complexity index is 1210. The molecule has 3 rings (SSSR count). The van der Waals surface area contributed by atoms with Gasteiger partial charge in [-0.05, 0) is 36.5 Å². The van der Waals surface area contributed by atoms with Crippen LogP contribution >= 0.6 is 23.2 Å². The van der Waals surface area contributed by atoms with Gasteiger partial charge in [0.1, 0.15) is 17.7 Å². The normalized spacial score (nSPS) is 13.9. The molecule has 0 aliphatic heterocycles. The van der Waals surface area contributed by atoms with Crippen molar-refractivity contribution in [2.24, 2.45) is 5.92 Å². The van der Waals surface area contributed by atoms with Crippen molar-refractivity contribution in [1.29, 1.82) is 0 Å². The predicted molar refractivity (Wildman–Crippen MR) is 128 cm³/mol. The fraction of sp³-hybridized carbons (Fsp3) is 0.391. The molecule has 188 valence electrons. The molecule has 35 heavy (non-hydrogen) atoms. The third-order valence-corrected chi connectivity index (χ3v) is 6.47. The topological polar surface area (TPSA) is 158 Å². The summed E-state index contributed by atoms with van der Waals surface area (Å²) in [7, 11) is 0. The standard InChI is InChI=1S/C23H25Cl2N3O7/c24-14-7-6-13(15(25)8-14)11-28-22(34)17(20(32)26-9-12-4-2-1-3-5-12)19(31)18(23(28)35)21(33)27-10-16(29)30/h6-8,12,31,35H,1-5,9-11H2,(H,26,32)(H,27,33)(H,29,30). The molecule has 10 nitrogen and oxygen atoms in total. The maximum Gasteiger partial charge on any atom is 0.322 e. The molecule has 12 heteroatoms. The number of rotatable bonds is 8. The van der Waals surface area contributed by atoms with Gasteiger partial charge in [0, 0.05) is 16.6 Å². The Labute approximate surface area is 210 Å². The summed E-state index contributed by atoms with van der Waals surface area (Å²) >= 11 is 12.1. The molecule has 0 saturated heterocycles. The molecule has 0 atom stereocenters. The number of nitrogens with zero attached hydrogens (tertiary/aromatic N) is 1. The van der Waals surface area contributed by atoms with Crippen LogP contribution in [0.25, 0.3) is 0 Å². The Morgan fingerprint density at radius 2 is 1.66 bits per heavy atom. The lowest BCUT2D eigenvalue weighted by Gasteiger charge is -2.22. The molecule has 0 spiro atoms. The summed E-state index contributed by atoms with van der Waals surface area (Å²) in [5, 5.41) is 35.4. The Hall–Kier alpha value is -3.24. The minimum atomic E-state index is -1.37. The first kappa shape index (κ1) is 26.4. The molecular formula is C23H25Cl2N3O7. The lowest BCUT2D eigenvalue weighted by atomic mass is 9.89. The number of aliphatic carboxylic acids is 1. The van der Waals surface area contributed by atoms with Gasteiger partial charge in [-0.15, -0.1) is 0 Å². The van der Waals surface area contributed by atoms with E-state index in [2.05, 4.69) is 5.32 Å². The van der Waals surface area contributed by atoms with Crippen molar-refractivity contribution in [1.82, 2.24) is 15.2 Å². The summed E-state index contributed by atoms with van der Waals surface area (Å²) < 4.78 is 0.708. The third-order valence-electron chi connectivity index (χ3n) is 5.89. The number of carbonyl (C=O) groups excluding carboxylic acids is 2. The fourth-order valence-electron chi connectivity index (χ4n) is 4.04. The largest absolute Gasteiger partial charge is 0.506 e. The highest BCUT2D eigenvalue weighted by atomic mass is 35.5. The van der Waals surface area contributed by atoms with Crippen molar-refractivity contribution in [3.05, 3.63) is 55.3 Å². The molecule has 2 amide bonds. The van der Waals surface area contributed by atoms with Crippen molar-refractivity contribution in [2.45, 2.75) is 38.6 Å². The van der Waals surface area contributed by atoms with Crippen LogP contribution < -0.4 is 16.2 Å². The number of benzene rings is 1. The second kappa shape index (κ2) is 11.5. The first-order chi connectivity index (χ1) is 16.6. The second-order valence-electron chi connectivity index (χ2n) is 8.34. The minimum absolute atomic E-state index is 0.164. The van der Waals surface area contributed by atoms with Crippen molar-refractivity contribution < 1.29 is 29.7 Å². The Kier molecular flexibility index (Phi) is 8.63. The number of amides is 2. The van der Waals surface area contributed by atoms with E-state index < -0.39 is 52.6 Å². The van der Waals surface area contributed by atoms with E-state index in [9.17, 15) is 29.4 Å². The van der Waals surface area contributed by atoms with E-state index in [0.29, 0.717) is 15.2 Å². The average molecular weight is 526 g/mol. The van der Waals surface area contributed by atoms with E-state index in [0.717, 1.165) is 32.1 Å². The van der Waals surface area contributed by atoms with Gasteiger partial charge in [0.2, 0.25) is 5.88 Å². The summed E-state index contributed by atoms with van der Waals surface area (Å²) in [5.41, 5.74) is -2.27. The minimum Gasteiger partial charge on any atom is -0.506 e. The number of nitrogens with one attached hydrogen (secondary N) is 2. The first-order valence-electron chi connectivity index (χ1n) is 11.0. The summed E-state index contributed by atoms with van der Waals surface area (Å²) in [6.45, 7) is -0.895. The number of aromatic hydroxyl groups is 2. The van der Waals surface area contributed by atoms with Crippen LogP contribution in [-0.4, -0.2) is 50.8 Å². The van der Waals surface area contributed by atoms with Gasteiger partial charge in [0.15, 0.2) is 5.75 Å². The van der Waals surface area contributed by atoms with Crippen LogP contribution in [0.4, 0.5) is 0 Å². The summed E-state index contributed by atoms with van der Waals surface area (Å²) in [6.07, 6.45) is 5.03. The molecule has 1 saturated carbocycles. The van der Waals surface area contributed by atoms with Crippen LogP contribution in [0, 0.1) is 5.92 Å². The molecule has 0 unspecified atom stereocenters. The zero-order valence-corrected chi connectivity index (χ0v) is 20.2. The zero-order chi connectivity index (χ0) is 25.7. The predicted octanol–water partition coefficient (Wildman–Crippen LogP) is 2.74. The number of hydrogen-bond donors (Lipinski definition) is 5. The number of pyridine rings is 1. The molecule has 1 fully saturated rings. The van der Waals surface area contributed by atoms with Crippen LogP contribution in [0.1, 0.15) is 58.4 Å². The summed E-state index contributed by atoms with van der Waals surface area (Å²) in [6, 6.07) is 4.42. The molecule has 0 radical (unpaired) electrons. The second-order valence-corrected chi connectivity index (χ2v) is 9.18. The zero-order valence-electron chi connectivity index (χ0n) is 18.6. The van der Waals surface area contributed by atoms with Crippen molar-refractivity contribution >= 4 is 41.0 Å². The van der Waals surface area contributed by atoms with Gasteiger partial charge >= 0.3 is 5.97 Å². The van der Waals surface area contributed by atoms with Crippen molar-refractivity contribution in [2.75, 3.05) is 13.1 Å². The van der Waals surface area contributed by atoms with Gasteiger partial charge in [0.25, 0.3) is 17.4 Å². The quantitative estimate of drug-likeness (QED) is 0.354. The number of aromatic nitrogens is 1. The number of carboxylic acids is 1. The molecular weight excluding hydrogens is 501 g/mol. The van der Waals surface area contributed by atoms with Gasteiger partial charge in [-0.3, -0.25) is 23.7 Å². The molecule has 0 bridgehead atoms. The highest BCUT2D eigenvalue weighted by Crippen LogP contribution is 2.30. The number of carboxylic acid groups (broad SMARTS) is 1. The third kappa shape index (κ3) is 6.26. The average Bonchev–Trinajstić information content (AvgIpc) is 2.81. The number of halogens is 2. The summed E-state index contributed by atoms with van der Waals surface area (Å²) in [4.78, 5) is 49.6. The van der Waals surface area contributed by atoms with E-state index >= 15 is 0 Å². The highest BCUT2D eigenvalue weighted by molar-refractivity contribution is 6.35. The van der Waals surface area contributed by atoms with Crippen molar-refractivity contribution in [3.8, 4) is 11.6 Å². The Morgan fingerprint density at radius 3 is 2.29 bits per heavy atom. The first-order valence-corrected chi connectivity index (χ1v) is 11.8. The maximum atomic E-state index is 13.2. The van der Waals surface area contributed by atoms with Crippen LogP contribution in [0.5, 0.6) is 11.6 Å². The SMILES string of the molecule is O=C(O)CNC(=O)c1c(O)c(C(=O)NCC2CCCCC2)c(=O)n(Cc2ccc(Cl)cc2Cl)c1O. The maximum absolute atomic E-state index is 13.2. The van der Waals surface area contributed by atoms with E-state index in [-0.39, 0.29) is 24.0 Å². The van der Waals surface area contributed by atoms with Crippen molar-refractivity contribution in [3.63, 3.8) is 0 Å². The lowest BCUT2D eigenvalue weighted by Crippen LogP contribution is -2.38. The summed E-state index contributed by atoms with van der Waals surface area (Å²) in [5.74, 6) is -5.24. The van der Waals surface area contributed by atoms with E-state index in [1.165, 1.54) is 18.2 Å². The van der Waals surface area contributed by atoms with Crippen LogP contribution in [0.15, 0.2) is 23.0 Å².